The van der Waals surface area contributed by atoms with E-state index in [0.29, 0.717) is 19.5 Å². The van der Waals surface area contributed by atoms with Crippen LogP contribution in [0.2, 0.25) is 0 Å². The van der Waals surface area contributed by atoms with E-state index in [1.165, 1.54) is 6.20 Å². The lowest BCUT2D eigenvalue weighted by atomic mass is 10.2. The molecular formula is C19H23ClFN5O4. The molecule has 30 heavy (non-hydrogen) atoms. The first-order valence-corrected chi connectivity index (χ1v) is 9.56. The Morgan fingerprint density at radius 3 is 2.67 bits per heavy atom. The van der Waals surface area contributed by atoms with Gasteiger partial charge in [0.15, 0.2) is 11.6 Å². The van der Waals surface area contributed by atoms with Crippen molar-refractivity contribution in [2.45, 2.75) is 44.3 Å². The number of carboxylic acid groups (broad SMARTS) is 1. The van der Waals surface area contributed by atoms with Crippen LogP contribution in [0, 0.1) is 5.82 Å². The Morgan fingerprint density at radius 2 is 2.07 bits per heavy atom. The number of halogens is 2. The van der Waals surface area contributed by atoms with Crippen LogP contribution in [0.4, 0.5) is 10.2 Å². The molecule has 2 unspecified atom stereocenters. The quantitative estimate of drug-likeness (QED) is 0.634. The minimum absolute atomic E-state index is 0. The average molecular weight is 440 g/mol. The zero-order valence-electron chi connectivity index (χ0n) is 16.3. The molecule has 1 saturated carbocycles. The van der Waals surface area contributed by atoms with Gasteiger partial charge in [-0.1, -0.05) is 0 Å². The second-order valence-electron chi connectivity index (χ2n) is 7.71. The van der Waals surface area contributed by atoms with Crippen LogP contribution >= 0.6 is 12.4 Å². The molecule has 2 aromatic rings. The number of nitrogens with zero attached hydrogens (tertiary/aromatic N) is 3. The molecule has 9 nitrogen and oxygen atoms in total. The maximum absolute atomic E-state index is 14.8. The molecule has 4 rings (SSSR count). The van der Waals surface area contributed by atoms with Gasteiger partial charge < -0.3 is 25.6 Å². The highest BCUT2D eigenvalue weighted by Crippen LogP contribution is 2.37. The van der Waals surface area contributed by atoms with Crippen LogP contribution in [0.25, 0.3) is 11.0 Å². The zero-order valence-corrected chi connectivity index (χ0v) is 17.1. The Labute approximate surface area is 177 Å². The summed E-state index contributed by atoms with van der Waals surface area (Å²) in [6, 6.07) is 0.319. The van der Waals surface area contributed by atoms with E-state index < -0.39 is 28.8 Å². The number of pyridine rings is 2. The van der Waals surface area contributed by atoms with Gasteiger partial charge in [-0.3, -0.25) is 9.59 Å². The van der Waals surface area contributed by atoms with Gasteiger partial charge in [-0.25, -0.2) is 14.2 Å². The van der Waals surface area contributed by atoms with Gasteiger partial charge in [0.1, 0.15) is 11.2 Å². The van der Waals surface area contributed by atoms with Gasteiger partial charge in [-0.05, 0) is 32.3 Å². The van der Waals surface area contributed by atoms with Crippen molar-refractivity contribution in [1.29, 1.82) is 0 Å². The van der Waals surface area contributed by atoms with Gasteiger partial charge in [0.2, 0.25) is 11.3 Å². The summed E-state index contributed by atoms with van der Waals surface area (Å²) in [6.45, 7) is 2.45. The monoisotopic (exact) mass is 439 g/mol. The Balaban J connectivity index is 0.00000256. The lowest BCUT2D eigenvalue weighted by molar-refractivity contribution is -0.122. The number of hydrogen-bond donors (Lipinski definition) is 3. The number of aromatic carboxylic acids is 1. The minimum atomic E-state index is -1.34. The molecule has 2 fully saturated rings. The van der Waals surface area contributed by atoms with Gasteiger partial charge in [0.05, 0.1) is 11.4 Å². The third-order valence-electron chi connectivity index (χ3n) is 5.36. The van der Waals surface area contributed by atoms with Crippen molar-refractivity contribution in [3.05, 3.63) is 33.9 Å². The number of fused-ring (bicyclic) bond motifs is 1. The van der Waals surface area contributed by atoms with Crippen molar-refractivity contribution < 1.29 is 19.1 Å². The number of nitrogens with one attached hydrogen (secondary N) is 1. The van der Waals surface area contributed by atoms with E-state index in [9.17, 15) is 23.9 Å². The van der Waals surface area contributed by atoms with E-state index >= 15 is 0 Å². The van der Waals surface area contributed by atoms with Crippen LogP contribution in [0.1, 0.15) is 42.6 Å². The summed E-state index contributed by atoms with van der Waals surface area (Å²) in [5, 5.41) is 12.1. The number of rotatable bonds is 5. The van der Waals surface area contributed by atoms with Crippen molar-refractivity contribution in [1.82, 2.24) is 14.9 Å². The van der Waals surface area contributed by atoms with E-state index in [1.807, 2.05) is 0 Å². The normalized spacial score (nSPS) is 19.4. The lowest BCUT2D eigenvalue weighted by Crippen LogP contribution is -2.45. The smallest absolute Gasteiger partial charge is 0.341 e. The maximum Gasteiger partial charge on any atom is 0.341 e. The predicted molar refractivity (Wildman–Crippen MR) is 111 cm³/mol. The number of aromatic nitrogens is 2. The number of carbonyl (C=O) groups is 2. The summed E-state index contributed by atoms with van der Waals surface area (Å²) < 4.78 is 16.5. The largest absolute Gasteiger partial charge is 0.477 e. The van der Waals surface area contributed by atoms with Crippen molar-refractivity contribution in [2.75, 3.05) is 18.0 Å². The topological polar surface area (TPSA) is 131 Å². The molecule has 162 valence electrons. The fourth-order valence-corrected chi connectivity index (χ4v) is 3.65. The molecule has 2 aliphatic rings. The maximum atomic E-state index is 14.8. The summed E-state index contributed by atoms with van der Waals surface area (Å²) in [5.74, 6) is -2.22. The molecule has 4 N–H and O–H groups in total. The summed E-state index contributed by atoms with van der Waals surface area (Å²) in [4.78, 5) is 41.9. The van der Waals surface area contributed by atoms with Crippen LogP contribution in [-0.2, 0) is 4.79 Å². The van der Waals surface area contributed by atoms with Crippen LogP contribution in [0.15, 0.2) is 17.1 Å². The Hall–Kier alpha value is -2.72. The van der Waals surface area contributed by atoms with Crippen molar-refractivity contribution in [3.63, 3.8) is 0 Å². The summed E-state index contributed by atoms with van der Waals surface area (Å²) >= 11 is 0. The number of carbonyl (C=O) groups excluding carboxylic acids is 1. The van der Waals surface area contributed by atoms with Crippen molar-refractivity contribution in [2.24, 2.45) is 5.73 Å². The fraction of sp³-hybridized carbons (Fsp3) is 0.474. The van der Waals surface area contributed by atoms with Gasteiger partial charge in [-0.2, -0.15) is 0 Å². The standard InChI is InChI=1S/C19H22FN5O4.ClH/c1-9(21)18(27)22-10-4-5-24(7-10)17-14(20)6-12-15(26)13(19(28)29)8-25(11-2-3-11)16(12)23-17;/h6,8-11H,2-5,7,21H2,1H3,(H,22,27)(H,28,29);1H. The molecule has 2 aromatic heterocycles. The van der Waals surface area contributed by atoms with Crippen LogP contribution in [-0.4, -0.2) is 51.7 Å². The summed E-state index contributed by atoms with van der Waals surface area (Å²) in [5.41, 5.74) is 4.72. The van der Waals surface area contributed by atoms with Crippen LogP contribution < -0.4 is 21.4 Å². The fourth-order valence-electron chi connectivity index (χ4n) is 3.65. The first-order chi connectivity index (χ1) is 13.8. The molecule has 0 spiro atoms. The zero-order chi connectivity index (χ0) is 20.9. The Bertz CT molecular complexity index is 1070. The van der Waals surface area contributed by atoms with Gasteiger partial charge in [0.25, 0.3) is 0 Å². The molecule has 1 aliphatic carbocycles. The third-order valence-corrected chi connectivity index (χ3v) is 5.36. The molecule has 11 heteroatoms. The highest BCUT2D eigenvalue weighted by Gasteiger charge is 2.31. The molecule has 0 radical (unpaired) electrons. The number of anilines is 1. The molecule has 1 amide bonds. The van der Waals surface area contributed by atoms with Crippen molar-refractivity contribution >= 4 is 41.1 Å². The van der Waals surface area contributed by atoms with Gasteiger partial charge >= 0.3 is 5.97 Å². The number of carboxylic acids is 1. The molecule has 3 heterocycles. The van der Waals surface area contributed by atoms with E-state index in [4.69, 9.17) is 5.73 Å². The van der Waals surface area contributed by atoms with E-state index in [1.54, 1.807) is 16.4 Å². The highest BCUT2D eigenvalue weighted by atomic mass is 35.5. The van der Waals surface area contributed by atoms with Gasteiger partial charge in [-0.15, -0.1) is 12.4 Å². The SMILES string of the molecule is CC(N)C(=O)NC1CCN(c2nc3c(cc2F)c(=O)c(C(=O)O)cn3C2CC2)C1.Cl. The molecule has 1 saturated heterocycles. The number of hydrogen-bond acceptors (Lipinski definition) is 6. The predicted octanol–water partition coefficient (Wildman–Crippen LogP) is 1.03. The van der Waals surface area contributed by atoms with E-state index in [-0.39, 0.29) is 47.2 Å². The Kier molecular flexibility index (Phi) is 6.00. The highest BCUT2D eigenvalue weighted by molar-refractivity contribution is 5.92. The summed E-state index contributed by atoms with van der Waals surface area (Å²) in [6.07, 6.45) is 3.61. The van der Waals surface area contributed by atoms with Crippen molar-refractivity contribution in [3.8, 4) is 0 Å². The van der Waals surface area contributed by atoms with E-state index in [2.05, 4.69) is 10.3 Å². The van der Waals surface area contributed by atoms with E-state index in [0.717, 1.165) is 18.9 Å². The second kappa shape index (κ2) is 8.19. The molecule has 0 aromatic carbocycles. The number of nitrogens with two attached hydrogens (primary N) is 1. The Morgan fingerprint density at radius 1 is 1.37 bits per heavy atom. The number of amides is 1. The second-order valence-corrected chi connectivity index (χ2v) is 7.71. The molecule has 2 atom stereocenters. The summed E-state index contributed by atoms with van der Waals surface area (Å²) in [7, 11) is 0. The first kappa shape index (κ1) is 22.0. The lowest BCUT2D eigenvalue weighted by Gasteiger charge is -2.20. The van der Waals surface area contributed by atoms with Crippen LogP contribution in [0.5, 0.6) is 0 Å². The minimum Gasteiger partial charge on any atom is -0.477 e. The first-order valence-electron chi connectivity index (χ1n) is 9.56. The average Bonchev–Trinajstić information content (AvgIpc) is 3.40. The molecule has 1 aliphatic heterocycles. The molecular weight excluding hydrogens is 417 g/mol. The van der Waals surface area contributed by atoms with Crippen LogP contribution in [0.3, 0.4) is 0 Å². The molecule has 0 bridgehead atoms. The van der Waals surface area contributed by atoms with Gasteiger partial charge in [0, 0.05) is 31.4 Å². The third kappa shape index (κ3) is 3.97.